The molecular weight excluding hydrogens is 951 g/mol. The zero-order chi connectivity index (χ0) is 49.7. The molecule has 2 atom stereocenters. The molecule has 1 saturated heterocycles. The number of benzene rings is 1. The van der Waals surface area contributed by atoms with Crippen molar-refractivity contribution < 1.29 is 71.4 Å². The summed E-state index contributed by atoms with van der Waals surface area (Å²) in [7, 11) is 7.51. The van der Waals surface area contributed by atoms with Crippen LogP contribution in [0.3, 0.4) is 0 Å². The molecule has 4 heterocycles. The number of nitriles is 1. The molecular formula is C46H69N13O8Y. The molecule has 22 heteroatoms. The molecule has 1 aliphatic carbocycles. The summed E-state index contributed by atoms with van der Waals surface area (Å²) in [5.74, 6) is -0.286. The molecule has 2 aliphatic rings. The number of carbonyl (C=O) groups excluding carboxylic acids is 6. The number of anilines is 1. The van der Waals surface area contributed by atoms with Crippen LogP contribution in [0.2, 0.25) is 0 Å². The summed E-state index contributed by atoms with van der Waals surface area (Å²) in [6.45, 7) is 9.00. The molecule has 2 fully saturated rings. The van der Waals surface area contributed by atoms with Crippen molar-refractivity contribution in [1.82, 2.24) is 49.8 Å². The van der Waals surface area contributed by atoms with Gasteiger partial charge in [0, 0.05) is 95.3 Å². The van der Waals surface area contributed by atoms with Crippen LogP contribution in [0.1, 0.15) is 77.7 Å². The first-order chi connectivity index (χ1) is 32.1. The number of likely N-dealkylation sites (tertiary alicyclic amines) is 1. The number of nitrogens with zero attached hydrogens (tertiary/aromatic N) is 9. The van der Waals surface area contributed by atoms with Gasteiger partial charge >= 0.3 is 6.09 Å². The number of likely N-dealkylation sites (N-methyl/N-ethyl adjacent to an activating group) is 3. The molecule has 4 aromatic rings. The van der Waals surface area contributed by atoms with Crippen LogP contribution < -0.4 is 21.8 Å². The Balaban J connectivity index is 0.000000529. The average Bonchev–Trinajstić information content (AvgIpc) is 4.16. The summed E-state index contributed by atoms with van der Waals surface area (Å²) >= 11 is 0. The van der Waals surface area contributed by atoms with E-state index in [2.05, 4.69) is 39.5 Å². The van der Waals surface area contributed by atoms with Gasteiger partial charge in [-0.25, -0.2) is 14.8 Å². The van der Waals surface area contributed by atoms with Gasteiger partial charge in [0.05, 0.1) is 43.0 Å². The third-order valence-electron chi connectivity index (χ3n) is 10.2. The first kappa shape index (κ1) is 60.5. The van der Waals surface area contributed by atoms with Crippen LogP contribution in [-0.4, -0.2) is 147 Å². The minimum absolute atomic E-state index is 0. The monoisotopic (exact) mass is 1020 g/mol. The van der Waals surface area contributed by atoms with Crippen molar-refractivity contribution in [2.45, 2.75) is 97.4 Å². The molecule has 0 spiro atoms. The van der Waals surface area contributed by atoms with Gasteiger partial charge in [0.2, 0.25) is 24.1 Å². The van der Waals surface area contributed by atoms with Gasteiger partial charge in [-0.05, 0) is 83.1 Å². The van der Waals surface area contributed by atoms with Crippen LogP contribution >= 0.6 is 0 Å². The molecule has 1 radical (unpaired) electrons. The molecule has 369 valence electrons. The van der Waals surface area contributed by atoms with E-state index in [-0.39, 0.29) is 76.2 Å². The summed E-state index contributed by atoms with van der Waals surface area (Å²) in [5, 5.41) is 26.2. The molecule has 4 amide bonds. The maximum absolute atomic E-state index is 12.1. The Kier molecular flexibility index (Phi) is 30.2. The number of aldehydes is 1. The van der Waals surface area contributed by atoms with Gasteiger partial charge in [0.15, 0.2) is 0 Å². The molecule has 3 aromatic heterocycles. The average molecular weight is 1020 g/mol. The molecule has 1 aliphatic heterocycles. The van der Waals surface area contributed by atoms with Gasteiger partial charge in [-0.1, -0.05) is 45.2 Å². The van der Waals surface area contributed by atoms with E-state index in [9.17, 15) is 28.8 Å². The number of aromatic nitrogens is 5. The van der Waals surface area contributed by atoms with Crippen LogP contribution in [-0.2, 0) is 74.6 Å². The fraction of sp³-hybridized carbons (Fsp3) is 0.522. The van der Waals surface area contributed by atoms with E-state index in [1.807, 2.05) is 54.1 Å². The minimum atomic E-state index is -0.873. The number of fused-ring (bicyclic) bond motifs is 1. The van der Waals surface area contributed by atoms with Gasteiger partial charge in [-0.2, -0.15) is 15.8 Å². The molecule has 1 saturated carbocycles. The second-order valence-electron chi connectivity index (χ2n) is 16.2. The van der Waals surface area contributed by atoms with E-state index >= 15 is 0 Å². The largest absolute Gasteiger partial charge is 0.445 e. The van der Waals surface area contributed by atoms with Crippen molar-refractivity contribution in [2.24, 2.45) is 11.7 Å². The second-order valence-corrected chi connectivity index (χ2v) is 16.2. The Morgan fingerprint density at radius 1 is 1.03 bits per heavy atom. The normalized spacial score (nSPS) is 14.3. The Hall–Kier alpha value is -5.50. The van der Waals surface area contributed by atoms with Crippen molar-refractivity contribution in [2.75, 3.05) is 59.7 Å². The molecule has 21 nitrogen and oxygen atoms in total. The predicted octanol–water partition coefficient (Wildman–Crippen LogP) is 3.84. The summed E-state index contributed by atoms with van der Waals surface area (Å²) in [6.07, 6.45) is 16.0. The number of nitrogens with one attached hydrogen (secondary N) is 3. The Labute approximate surface area is 424 Å². The van der Waals surface area contributed by atoms with Gasteiger partial charge in [0.1, 0.15) is 24.9 Å². The maximum Gasteiger partial charge on any atom is 0.409 e. The van der Waals surface area contributed by atoms with Crippen molar-refractivity contribution in [3.05, 3.63) is 60.8 Å². The van der Waals surface area contributed by atoms with E-state index in [0.29, 0.717) is 24.2 Å². The Morgan fingerprint density at radius 2 is 1.69 bits per heavy atom. The molecule has 0 bridgehead atoms. The first-order valence-electron chi connectivity index (χ1n) is 22.3. The minimum Gasteiger partial charge on any atom is -0.445 e. The molecule has 6 rings (SSSR count). The zero-order valence-electron chi connectivity index (χ0n) is 40.5. The topological polar surface area (TPSA) is 276 Å². The number of primary amides is 1. The Morgan fingerprint density at radius 3 is 2.24 bits per heavy atom. The van der Waals surface area contributed by atoms with Crippen molar-refractivity contribution in [1.29, 1.82) is 5.26 Å². The standard InChI is InChI=1S/C21H33N5O4.C16H17N5O.C4H8N2O3.C3H8.C2H3N.Y/c1-24(2)12-13-26(4)21(29)30-15-16-7-9-17(10-8-16)23-19(27)14-22-20(28)18-6-5-11-25(18)3;22-11-20-6-5-14-15(17-10-18-16(14)20)13-7-19-21(9-13)8-12-3-1-2-4-12;5-4(8)1-3(2-7)6-9;1-3-2;1-2-3;/h7-10,18H,5-6,11-15H2,1-4H3,(H,22,28)(H,23,27);5-7,9-12H,1-4,8H2;2-3,6,9H,1H2,(H2,5,8);3H2,1-2H3;1H3;. The molecule has 68 heavy (non-hydrogen) atoms. The summed E-state index contributed by atoms with van der Waals surface area (Å²) in [6, 6.07) is 9.65. The second kappa shape index (κ2) is 33.9. The SMILES string of the molecule is CC#N.CCC.CN(C)CCN(C)C(=O)OCc1ccc(NC(=O)CNC(=O)C2CCCN2C)cc1.NC(=O)CC(C=O)NO.O=Cn1ccc2c(-c3cnn(CC4CCCC4)c3)ncnc21.[Y]. The van der Waals surface area contributed by atoms with Gasteiger partial charge in [-0.3, -0.25) is 33.3 Å². The van der Waals surface area contributed by atoms with Crippen LogP contribution in [0.25, 0.3) is 22.3 Å². The first-order valence-corrected chi connectivity index (χ1v) is 22.3. The number of ether oxygens (including phenoxy) is 1. The molecule has 1 aromatic carbocycles. The van der Waals surface area contributed by atoms with Crippen LogP contribution in [0.4, 0.5) is 10.5 Å². The van der Waals surface area contributed by atoms with Crippen LogP contribution in [0.5, 0.6) is 0 Å². The van der Waals surface area contributed by atoms with Gasteiger partial charge < -0.3 is 40.9 Å². The van der Waals surface area contributed by atoms with E-state index < -0.39 is 11.9 Å². The van der Waals surface area contributed by atoms with E-state index in [1.54, 1.807) is 49.1 Å². The van der Waals surface area contributed by atoms with Crippen molar-refractivity contribution in [3.63, 3.8) is 0 Å². The summed E-state index contributed by atoms with van der Waals surface area (Å²) < 4.78 is 8.77. The number of hydrogen-bond acceptors (Lipinski definition) is 15. The number of nitrogens with two attached hydrogens (primary N) is 1. The third kappa shape index (κ3) is 22.1. The fourth-order valence-electron chi connectivity index (χ4n) is 6.78. The molecule has 6 N–H and O–H groups in total. The number of rotatable bonds is 17. The molecule has 2 unspecified atom stereocenters. The van der Waals surface area contributed by atoms with E-state index in [0.717, 1.165) is 67.0 Å². The quantitative estimate of drug-likeness (QED) is 0.0743. The van der Waals surface area contributed by atoms with Crippen molar-refractivity contribution >= 4 is 53.2 Å². The van der Waals surface area contributed by atoms with Crippen LogP contribution in [0.15, 0.2) is 55.2 Å². The Bertz CT molecular complexity index is 2170. The number of carbonyl (C=O) groups is 6. The number of hydroxylamine groups is 1. The van der Waals surface area contributed by atoms with Crippen molar-refractivity contribution in [3.8, 4) is 17.3 Å². The third-order valence-corrected chi connectivity index (χ3v) is 10.2. The smallest absolute Gasteiger partial charge is 0.409 e. The van der Waals surface area contributed by atoms with Crippen LogP contribution in [0, 0.1) is 17.2 Å². The number of amides is 4. The summed E-state index contributed by atoms with van der Waals surface area (Å²) in [5.41, 5.74) is 10.2. The zero-order valence-corrected chi connectivity index (χ0v) is 43.3. The maximum atomic E-state index is 12.1. The predicted molar refractivity (Wildman–Crippen MR) is 254 cm³/mol. The van der Waals surface area contributed by atoms with E-state index in [1.165, 1.54) is 54.8 Å². The van der Waals surface area contributed by atoms with E-state index in [4.69, 9.17) is 20.9 Å². The van der Waals surface area contributed by atoms with Gasteiger partial charge in [-0.15, -0.1) is 0 Å². The number of hydrogen-bond donors (Lipinski definition) is 5. The fourth-order valence-corrected chi connectivity index (χ4v) is 6.78. The summed E-state index contributed by atoms with van der Waals surface area (Å²) in [4.78, 5) is 81.2. The van der Waals surface area contributed by atoms with Gasteiger partial charge in [0.25, 0.3) is 0 Å².